The van der Waals surface area contributed by atoms with Crippen molar-refractivity contribution in [1.29, 1.82) is 0 Å². The molecule has 0 fully saturated rings. The Bertz CT molecular complexity index is 1270. The molecular formula is C32H34N6O2. The van der Waals surface area contributed by atoms with Gasteiger partial charge in [-0.15, -0.1) is 0 Å². The molecule has 0 atom stereocenters. The van der Waals surface area contributed by atoms with Crippen LogP contribution in [0.15, 0.2) is 128 Å². The van der Waals surface area contributed by atoms with Crippen LogP contribution in [0.1, 0.15) is 39.5 Å². The van der Waals surface area contributed by atoms with Gasteiger partial charge in [0.2, 0.25) is 0 Å². The molecule has 4 aromatic rings. The smallest absolute Gasteiger partial charge is 0.119 e. The van der Waals surface area contributed by atoms with Crippen molar-refractivity contribution in [3.63, 3.8) is 0 Å². The lowest BCUT2D eigenvalue weighted by Crippen LogP contribution is -1.95. The van der Waals surface area contributed by atoms with Crippen molar-refractivity contribution in [2.45, 2.75) is 39.5 Å². The summed E-state index contributed by atoms with van der Waals surface area (Å²) in [5, 5.41) is 25.8. The van der Waals surface area contributed by atoms with Crippen LogP contribution in [0, 0.1) is 0 Å². The van der Waals surface area contributed by atoms with E-state index >= 15 is 0 Å². The minimum Gasteiger partial charge on any atom is -0.494 e. The van der Waals surface area contributed by atoms with E-state index in [-0.39, 0.29) is 0 Å². The first-order chi connectivity index (χ1) is 19.7. The summed E-state index contributed by atoms with van der Waals surface area (Å²) in [6.45, 7) is 5.74. The fourth-order valence-corrected chi connectivity index (χ4v) is 3.41. The third kappa shape index (κ3) is 9.54. The van der Waals surface area contributed by atoms with Crippen molar-refractivity contribution in [2.75, 3.05) is 13.2 Å². The van der Waals surface area contributed by atoms with Crippen LogP contribution in [-0.4, -0.2) is 13.2 Å². The van der Waals surface area contributed by atoms with Gasteiger partial charge < -0.3 is 9.47 Å². The molecule has 204 valence electrons. The van der Waals surface area contributed by atoms with Crippen molar-refractivity contribution in [2.24, 2.45) is 30.7 Å². The van der Waals surface area contributed by atoms with E-state index in [4.69, 9.17) is 9.47 Å². The zero-order valence-corrected chi connectivity index (χ0v) is 23.0. The van der Waals surface area contributed by atoms with E-state index in [1.54, 1.807) is 0 Å². The third-order valence-electron chi connectivity index (χ3n) is 5.75. The van der Waals surface area contributed by atoms with Gasteiger partial charge in [-0.1, -0.05) is 26.7 Å². The summed E-state index contributed by atoms with van der Waals surface area (Å²) in [6, 6.07) is 30.0. The lowest BCUT2D eigenvalue weighted by molar-refractivity contribution is 0.309. The Morgan fingerprint density at radius 1 is 0.375 bits per heavy atom. The molecule has 0 aliphatic rings. The number of benzene rings is 4. The molecule has 8 heteroatoms. The highest BCUT2D eigenvalue weighted by Crippen LogP contribution is 2.26. The van der Waals surface area contributed by atoms with Gasteiger partial charge in [0.15, 0.2) is 0 Å². The van der Waals surface area contributed by atoms with Crippen LogP contribution in [-0.2, 0) is 0 Å². The van der Waals surface area contributed by atoms with Crippen molar-refractivity contribution in [3.05, 3.63) is 97.1 Å². The van der Waals surface area contributed by atoms with Crippen LogP contribution >= 0.6 is 0 Å². The first kappa shape index (κ1) is 28.3. The molecule has 4 aromatic carbocycles. The molecule has 0 aliphatic heterocycles. The lowest BCUT2D eigenvalue weighted by Gasteiger charge is -2.04. The minimum atomic E-state index is 0.721. The van der Waals surface area contributed by atoms with Crippen LogP contribution in [0.3, 0.4) is 0 Å². The van der Waals surface area contributed by atoms with Gasteiger partial charge in [-0.25, -0.2) is 0 Å². The molecule has 0 heterocycles. The van der Waals surface area contributed by atoms with E-state index in [9.17, 15) is 0 Å². The molecule has 0 aliphatic carbocycles. The molecule has 0 unspecified atom stereocenters. The Balaban J connectivity index is 1.26. The summed E-state index contributed by atoms with van der Waals surface area (Å²) in [6.07, 6.45) is 4.31. The van der Waals surface area contributed by atoms with Gasteiger partial charge in [0.05, 0.1) is 47.3 Å². The second-order valence-electron chi connectivity index (χ2n) is 9.02. The fraction of sp³-hybridized carbons (Fsp3) is 0.250. The average Bonchev–Trinajstić information content (AvgIpc) is 3.00. The highest BCUT2D eigenvalue weighted by atomic mass is 16.5. The Hall–Kier alpha value is -4.72. The van der Waals surface area contributed by atoms with Gasteiger partial charge in [-0.3, -0.25) is 0 Å². The molecule has 40 heavy (non-hydrogen) atoms. The summed E-state index contributed by atoms with van der Waals surface area (Å²) < 4.78 is 11.4. The number of rotatable bonds is 14. The molecule has 0 aromatic heterocycles. The zero-order chi connectivity index (χ0) is 27.8. The Morgan fingerprint density at radius 3 is 0.825 bits per heavy atom. The van der Waals surface area contributed by atoms with Gasteiger partial charge in [0, 0.05) is 0 Å². The Labute approximate surface area is 235 Å². The molecule has 0 bridgehead atoms. The molecule has 0 saturated carbocycles. The number of unbranched alkanes of at least 4 members (excludes halogenated alkanes) is 2. The number of azo groups is 3. The summed E-state index contributed by atoms with van der Waals surface area (Å²) >= 11 is 0. The highest BCUT2D eigenvalue weighted by Gasteiger charge is 1.98. The largest absolute Gasteiger partial charge is 0.494 e. The predicted octanol–water partition coefficient (Wildman–Crippen LogP) is 11.3. The maximum Gasteiger partial charge on any atom is 0.119 e. The van der Waals surface area contributed by atoms with E-state index < -0.39 is 0 Å². The summed E-state index contributed by atoms with van der Waals surface area (Å²) in [7, 11) is 0. The molecule has 4 rings (SSSR count). The van der Waals surface area contributed by atoms with Crippen LogP contribution in [0.25, 0.3) is 0 Å². The summed E-state index contributed by atoms with van der Waals surface area (Å²) in [5.41, 5.74) is 4.43. The number of hydrogen-bond donors (Lipinski definition) is 0. The molecule has 0 N–H and O–H groups in total. The van der Waals surface area contributed by atoms with E-state index in [0.717, 1.165) is 84.5 Å². The van der Waals surface area contributed by atoms with Crippen LogP contribution in [0.2, 0.25) is 0 Å². The van der Waals surface area contributed by atoms with Gasteiger partial charge in [0.25, 0.3) is 0 Å². The van der Waals surface area contributed by atoms with Gasteiger partial charge >= 0.3 is 0 Å². The predicted molar refractivity (Wildman–Crippen MR) is 159 cm³/mol. The molecular weight excluding hydrogens is 500 g/mol. The summed E-state index contributed by atoms with van der Waals surface area (Å²) in [5.74, 6) is 1.69. The number of ether oxygens (including phenoxy) is 2. The van der Waals surface area contributed by atoms with E-state index in [0.29, 0.717) is 0 Å². The molecule has 0 saturated heterocycles. The van der Waals surface area contributed by atoms with Crippen molar-refractivity contribution in [3.8, 4) is 11.5 Å². The maximum atomic E-state index is 5.68. The fourth-order valence-electron chi connectivity index (χ4n) is 3.41. The molecule has 0 radical (unpaired) electrons. The van der Waals surface area contributed by atoms with Crippen LogP contribution < -0.4 is 9.47 Å². The first-order valence-corrected chi connectivity index (χ1v) is 13.6. The number of nitrogens with zero attached hydrogens (tertiary/aromatic N) is 6. The highest BCUT2D eigenvalue weighted by molar-refractivity contribution is 5.50. The molecule has 8 nitrogen and oxygen atoms in total. The Kier molecular flexibility index (Phi) is 11.1. The minimum absolute atomic E-state index is 0.721. The number of hydrogen-bond acceptors (Lipinski definition) is 8. The van der Waals surface area contributed by atoms with Gasteiger partial charge in [0.1, 0.15) is 11.5 Å². The lowest BCUT2D eigenvalue weighted by atomic mass is 10.3. The zero-order valence-electron chi connectivity index (χ0n) is 23.0. The van der Waals surface area contributed by atoms with Crippen molar-refractivity contribution >= 4 is 34.1 Å². The quantitative estimate of drug-likeness (QED) is 0.119. The molecule has 0 amide bonds. The monoisotopic (exact) mass is 534 g/mol. The second-order valence-corrected chi connectivity index (χ2v) is 9.02. The Morgan fingerprint density at radius 2 is 0.600 bits per heavy atom. The summed E-state index contributed by atoms with van der Waals surface area (Å²) in [4.78, 5) is 0. The maximum absolute atomic E-state index is 5.68. The topological polar surface area (TPSA) is 92.6 Å². The van der Waals surface area contributed by atoms with E-state index in [2.05, 4.69) is 44.5 Å². The van der Waals surface area contributed by atoms with Crippen molar-refractivity contribution < 1.29 is 9.47 Å². The second kappa shape index (κ2) is 15.6. The molecule has 0 spiro atoms. The SMILES string of the molecule is CCCCOc1ccc(N=Nc2ccc(N=Nc3ccc(N=Nc4ccc(OCCCC)cc4)cc3)cc2)cc1. The van der Waals surface area contributed by atoms with E-state index in [1.807, 2.05) is 97.1 Å². The standard InChI is InChI=1S/C32H34N6O2/c1-3-5-23-39-31-19-15-29(16-20-31)37-35-27-11-7-25(8-12-27)33-34-26-9-13-28(14-10-26)36-38-30-17-21-32(22-18-30)40-24-6-4-2/h7-22H,3-6,23-24H2,1-2H3. The van der Waals surface area contributed by atoms with E-state index in [1.165, 1.54) is 0 Å². The third-order valence-corrected chi connectivity index (χ3v) is 5.75. The van der Waals surface area contributed by atoms with Crippen molar-refractivity contribution in [1.82, 2.24) is 0 Å². The van der Waals surface area contributed by atoms with Gasteiger partial charge in [-0.05, 0) is 110 Å². The van der Waals surface area contributed by atoms with Crippen LogP contribution in [0.5, 0.6) is 11.5 Å². The first-order valence-electron chi connectivity index (χ1n) is 13.6. The normalized spacial score (nSPS) is 11.6. The van der Waals surface area contributed by atoms with Crippen LogP contribution in [0.4, 0.5) is 34.1 Å². The average molecular weight is 535 g/mol. The van der Waals surface area contributed by atoms with Gasteiger partial charge in [-0.2, -0.15) is 30.7 Å².